The van der Waals surface area contributed by atoms with Crippen molar-refractivity contribution < 1.29 is 0 Å². The Kier molecular flexibility index (Phi) is 5.22. The topological polar surface area (TPSA) is 38.0 Å². The van der Waals surface area contributed by atoms with Crippen LogP contribution in [0.25, 0.3) is 0 Å². The Labute approximate surface area is 179 Å². The minimum atomic E-state index is 0.419. The van der Waals surface area contributed by atoms with Crippen LogP contribution in [0.15, 0.2) is 11.6 Å². The van der Waals surface area contributed by atoms with E-state index in [1.165, 1.54) is 70.8 Å². The molecule has 2 nitrogen and oxygen atoms in total. The van der Waals surface area contributed by atoms with Gasteiger partial charge in [-0.15, -0.1) is 0 Å². The number of allylic oxidation sites excluding steroid dienone is 1. The number of hydrogen-bond acceptors (Lipinski definition) is 2. The van der Waals surface area contributed by atoms with Crippen LogP contribution >= 0.6 is 0 Å². The SMILES string of the molecule is CC1CCC([C@@H](C)[C@H]2CC[C@H]3[C@@H]4CC=C5C[C@@H](N)CC[C@]5(C)[C@H]4CC[C@]23C)NC1. The van der Waals surface area contributed by atoms with Crippen LogP contribution in [0, 0.1) is 46.3 Å². The minimum absolute atomic E-state index is 0.419. The van der Waals surface area contributed by atoms with Gasteiger partial charge in [0, 0.05) is 12.1 Å². The fourth-order valence-electron chi connectivity index (χ4n) is 9.34. The van der Waals surface area contributed by atoms with Crippen LogP contribution in [0.3, 0.4) is 0 Å². The zero-order chi connectivity index (χ0) is 20.4. The Morgan fingerprint density at radius 2 is 1.86 bits per heavy atom. The van der Waals surface area contributed by atoms with Crippen LogP contribution in [0.4, 0.5) is 0 Å². The number of nitrogens with one attached hydrogen (secondary N) is 1. The van der Waals surface area contributed by atoms with Crippen molar-refractivity contribution in [3.63, 3.8) is 0 Å². The smallest absolute Gasteiger partial charge is 0.00957 e. The summed E-state index contributed by atoms with van der Waals surface area (Å²) in [6, 6.07) is 1.18. The average molecular weight is 399 g/mol. The molecule has 1 saturated heterocycles. The molecule has 29 heavy (non-hydrogen) atoms. The molecule has 0 amide bonds. The van der Waals surface area contributed by atoms with E-state index in [0.29, 0.717) is 16.9 Å². The molecule has 3 saturated carbocycles. The molecule has 0 bridgehead atoms. The summed E-state index contributed by atoms with van der Waals surface area (Å²) in [6.07, 6.45) is 16.5. The Bertz CT molecular complexity index is 647. The molecule has 5 rings (SSSR count). The van der Waals surface area contributed by atoms with Crippen LogP contribution in [0.5, 0.6) is 0 Å². The highest BCUT2D eigenvalue weighted by Gasteiger charge is 2.59. The first kappa shape index (κ1) is 20.6. The number of rotatable bonds is 2. The molecule has 0 aromatic heterocycles. The molecule has 2 heteroatoms. The molecule has 4 aliphatic carbocycles. The molecular weight excluding hydrogens is 352 g/mol. The van der Waals surface area contributed by atoms with Crippen molar-refractivity contribution in [1.82, 2.24) is 5.32 Å². The van der Waals surface area contributed by atoms with Gasteiger partial charge in [-0.05, 0) is 117 Å². The third-order valence-electron chi connectivity index (χ3n) is 11.2. The van der Waals surface area contributed by atoms with Gasteiger partial charge in [0.25, 0.3) is 0 Å². The number of nitrogens with two attached hydrogens (primary N) is 1. The van der Waals surface area contributed by atoms with Gasteiger partial charge in [0.1, 0.15) is 0 Å². The highest BCUT2D eigenvalue weighted by molar-refractivity contribution is 5.25. The monoisotopic (exact) mass is 398 g/mol. The van der Waals surface area contributed by atoms with E-state index in [1.807, 2.05) is 0 Å². The summed E-state index contributed by atoms with van der Waals surface area (Å²) in [7, 11) is 0. The maximum Gasteiger partial charge on any atom is 0.00957 e. The molecular formula is C27H46N2. The van der Waals surface area contributed by atoms with Crippen molar-refractivity contribution in [2.24, 2.45) is 52.1 Å². The van der Waals surface area contributed by atoms with Gasteiger partial charge in [-0.2, -0.15) is 0 Å². The zero-order valence-electron chi connectivity index (χ0n) is 19.6. The Morgan fingerprint density at radius 1 is 1.03 bits per heavy atom. The third-order valence-corrected chi connectivity index (χ3v) is 11.2. The lowest BCUT2D eigenvalue weighted by Gasteiger charge is -2.58. The second kappa shape index (κ2) is 7.37. The number of piperidine rings is 1. The summed E-state index contributed by atoms with van der Waals surface area (Å²) < 4.78 is 0. The van der Waals surface area contributed by atoms with Crippen molar-refractivity contribution >= 4 is 0 Å². The summed E-state index contributed by atoms with van der Waals surface area (Å²) in [6.45, 7) is 11.6. The van der Waals surface area contributed by atoms with Crippen LogP contribution in [0.1, 0.15) is 91.9 Å². The zero-order valence-corrected chi connectivity index (χ0v) is 19.6. The van der Waals surface area contributed by atoms with Crippen LogP contribution < -0.4 is 11.1 Å². The van der Waals surface area contributed by atoms with Gasteiger partial charge in [0.2, 0.25) is 0 Å². The van der Waals surface area contributed by atoms with Gasteiger partial charge in [0.15, 0.2) is 0 Å². The molecule has 2 unspecified atom stereocenters. The lowest BCUT2D eigenvalue weighted by molar-refractivity contribution is -0.0538. The summed E-state index contributed by atoms with van der Waals surface area (Å²) in [4.78, 5) is 0. The Balaban J connectivity index is 1.36. The lowest BCUT2D eigenvalue weighted by atomic mass is 9.46. The van der Waals surface area contributed by atoms with E-state index < -0.39 is 0 Å². The molecule has 0 spiro atoms. The first-order valence-corrected chi connectivity index (χ1v) is 13.0. The van der Waals surface area contributed by atoms with Crippen LogP contribution in [-0.4, -0.2) is 18.6 Å². The van der Waals surface area contributed by atoms with E-state index in [1.54, 1.807) is 5.57 Å². The van der Waals surface area contributed by atoms with Gasteiger partial charge in [-0.1, -0.05) is 39.3 Å². The van der Waals surface area contributed by atoms with Crippen molar-refractivity contribution in [2.45, 2.75) is 104 Å². The molecule has 0 radical (unpaired) electrons. The predicted octanol–water partition coefficient (Wildman–Crippen LogP) is 5.92. The number of hydrogen-bond donors (Lipinski definition) is 2. The van der Waals surface area contributed by atoms with E-state index >= 15 is 0 Å². The van der Waals surface area contributed by atoms with Crippen molar-refractivity contribution in [3.05, 3.63) is 11.6 Å². The van der Waals surface area contributed by atoms with Gasteiger partial charge in [-0.25, -0.2) is 0 Å². The second-order valence-electron chi connectivity index (χ2n) is 12.5. The van der Waals surface area contributed by atoms with Crippen LogP contribution in [-0.2, 0) is 0 Å². The first-order chi connectivity index (χ1) is 13.8. The molecule has 1 heterocycles. The Morgan fingerprint density at radius 3 is 2.62 bits per heavy atom. The normalized spacial score (nSPS) is 53.4. The second-order valence-corrected chi connectivity index (χ2v) is 12.5. The highest BCUT2D eigenvalue weighted by Crippen LogP contribution is 2.67. The Hall–Kier alpha value is -0.340. The van der Waals surface area contributed by atoms with E-state index in [4.69, 9.17) is 5.73 Å². The summed E-state index contributed by atoms with van der Waals surface area (Å²) in [5.74, 6) is 5.46. The largest absolute Gasteiger partial charge is 0.327 e. The van der Waals surface area contributed by atoms with Crippen molar-refractivity contribution in [2.75, 3.05) is 6.54 Å². The van der Waals surface area contributed by atoms with Crippen molar-refractivity contribution in [3.8, 4) is 0 Å². The molecule has 164 valence electrons. The summed E-state index contributed by atoms with van der Waals surface area (Å²) in [5.41, 5.74) is 9.14. The highest BCUT2D eigenvalue weighted by atomic mass is 14.9. The first-order valence-electron chi connectivity index (χ1n) is 13.0. The molecule has 0 aromatic rings. The van der Waals surface area contributed by atoms with E-state index in [0.717, 1.165) is 41.5 Å². The van der Waals surface area contributed by atoms with E-state index in [2.05, 4.69) is 39.1 Å². The minimum Gasteiger partial charge on any atom is -0.327 e. The van der Waals surface area contributed by atoms with Gasteiger partial charge < -0.3 is 11.1 Å². The van der Waals surface area contributed by atoms with Crippen molar-refractivity contribution in [1.29, 1.82) is 0 Å². The molecule has 5 aliphatic rings. The molecule has 10 atom stereocenters. The van der Waals surface area contributed by atoms with Crippen LogP contribution in [0.2, 0.25) is 0 Å². The van der Waals surface area contributed by atoms with Gasteiger partial charge >= 0.3 is 0 Å². The van der Waals surface area contributed by atoms with E-state index in [9.17, 15) is 0 Å². The average Bonchev–Trinajstić information content (AvgIpc) is 3.06. The van der Waals surface area contributed by atoms with E-state index in [-0.39, 0.29) is 0 Å². The maximum absolute atomic E-state index is 6.36. The summed E-state index contributed by atoms with van der Waals surface area (Å²) >= 11 is 0. The molecule has 0 aromatic carbocycles. The molecule has 4 fully saturated rings. The maximum atomic E-state index is 6.36. The molecule has 1 aliphatic heterocycles. The standard InChI is InChI=1S/C27H46N2/c1-17-5-10-25(29-16-17)18(2)22-8-9-23-21-7-6-19-15-20(28)11-13-26(19,3)24(21)12-14-27(22,23)4/h6,17-18,20-25,29H,5,7-16,28H2,1-4H3/t17?,18-,20-,21-,22+,23-,24-,25?,26-,27+/m0/s1. The third kappa shape index (κ3) is 3.18. The van der Waals surface area contributed by atoms with Gasteiger partial charge in [-0.3, -0.25) is 0 Å². The lowest BCUT2D eigenvalue weighted by Crippen LogP contribution is -2.52. The fourth-order valence-corrected chi connectivity index (χ4v) is 9.34. The quantitative estimate of drug-likeness (QED) is 0.567. The van der Waals surface area contributed by atoms with Gasteiger partial charge in [0.05, 0.1) is 0 Å². The predicted molar refractivity (Wildman–Crippen MR) is 123 cm³/mol. The summed E-state index contributed by atoms with van der Waals surface area (Å²) in [5, 5.41) is 3.94. The number of fused-ring (bicyclic) bond motifs is 5. The fraction of sp³-hybridized carbons (Fsp3) is 0.926. The molecule has 3 N–H and O–H groups in total.